The fourth-order valence-electron chi connectivity index (χ4n) is 1.80. The van der Waals surface area contributed by atoms with E-state index in [9.17, 15) is 19.2 Å². The minimum Gasteiger partial charge on any atom is -0.480 e. The number of carboxylic acids is 1. The van der Waals surface area contributed by atoms with Gasteiger partial charge in [0.15, 0.2) is 0 Å². The molecule has 0 fully saturated rings. The predicted molar refractivity (Wildman–Crippen MR) is 69.6 cm³/mol. The lowest BCUT2D eigenvalue weighted by Gasteiger charge is -2.16. The summed E-state index contributed by atoms with van der Waals surface area (Å²) in [6.07, 6.45) is 4.07. The van der Waals surface area contributed by atoms with Crippen molar-refractivity contribution in [2.45, 2.75) is 38.6 Å². The molecule has 0 bridgehead atoms. The van der Waals surface area contributed by atoms with Crippen molar-refractivity contribution in [3.05, 3.63) is 12.2 Å². The van der Waals surface area contributed by atoms with Gasteiger partial charge in [-0.1, -0.05) is 19.8 Å². The molecule has 1 atom stereocenters. The van der Waals surface area contributed by atoms with Crippen molar-refractivity contribution in [3.63, 3.8) is 0 Å². The van der Waals surface area contributed by atoms with Crippen LogP contribution in [0.4, 0.5) is 0 Å². The Morgan fingerprint density at radius 2 is 1.90 bits per heavy atom. The Morgan fingerprint density at radius 1 is 1.30 bits per heavy atom. The van der Waals surface area contributed by atoms with Crippen LogP contribution in [0.2, 0.25) is 0 Å². The minimum atomic E-state index is -1.08. The maximum absolute atomic E-state index is 11.6. The second-order valence-electron chi connectivity index (χ2n) is 4.51. The Labute approximate surface area is 116 Å². The SMILES string of the molecule is CCCCC(NC(=O)CCN1C(=O)C=CC1=O)C(=O)O. The summed E-state index contributed by atoms with van der Waals surface area (Å²) in [6.45, 7) is 1.88. The van der Waals surface area contributed by atoms with Gasteiger partial charge in [0.2, 0.25) is 5.91 Å². The third kappa shape index (κ3) is 4.49. The molecule has 0 saturated carbocycles. The van der Waals surface area contributed by atoms with Crippen LogP contribution in [-0.2, 0) is 19.2 Å². The number of aliphatic carboxylic acids is 1. The number of carbonyl (C=O) groups is 4. The first kappa shape index (κ1) is 15.9. The van der Waals surface area contributed by atoms with Gasteiger partial charge in [0.1, 0.15) is 6.04 Å². The molecule has 1 aliphatic rings. The quantitative estimate of drug-likeness (QED) is 0.613. The van der Waals surface area contributed by atoms with Crippen molar-refractivity contribution in [1.82, 2.24) is 10.2 Å². The summed E-state index contributed by atoms with van der Waals surface area (Å²) < 4.78 is 0. The molecule has 7 nitrogen and oxygen atoms in total. The molecule has 7 heteroatoms. The Kier molecular flexibility index (Phi) is 5.89. The first-order valence-electron chi connectivity index (χ1n) is 6.51. The fourth-order valence-corrected chi connectivity index (χ4v) is 1.80. The van der Waals surface area contributed by atoms with E-state index in [2.05, 4.69) is 5.32 Å². The van der Waals surface area contributed by atoms with Crippen molar-refractivity contribution in [2.24, 2.45) is 0 Å². The number of hydrogen-bond donors (Lipinski definition) is 2. The number of rotatable bonds is 8. The Hall–Kier alpha value is -2.18. The molecule has 0 aromatic carbocycles. The second kappa shape index (κ2) is 7.42. The van der Waals surface area contributed by atoms with Gasteiger partial charge >= 0.3 is 5.97 Å². The van der Waals surface area contributed by atoms with Crippen molar-refractivity contribution in [3.8, 4) is 0 Å². The third-order valence-electron chi connectivity index (χ3n) is 2.94. The van der Waals surface area contributed by atoms with Crippen LogP contribution in [0.1, 0.15) is 32.6 Å². The van der Waals surface area contributed by atoms with E-state index < -0.39 is 29.7 Å². The summed E-state index contributed by atoms with van der Waals surface area (Å²) in [4.78, 5) is 46.1. The van der Waals surface area contributed by atoms with Crippen molar-refractivity contribution in [2.75, 3.05) is 6.54 Å². The van der Waals surface area contributed by atoms with E-state index in [-0.39, 0.29) is 13.0 Å². The van der Waals surface area contributed by atoms with Gasteiger partial charge in [-0.05, 0) is 6.42 Å². The van der Waals surface area contributed by atoms with Gasteiger partial charge in [-0.3, -0.25) is 19.3 Å². The summed E-state index contributed by atoms with van der Waals surface area (Å²) in [7, 11) is 0. The Morgan fingerprint density at radius 3 is 2.40 bits per heavy atom. The van der Waals surface area contributed by atoms with E-state index in [4.69, 9.17) is 5.11 Å². The number of amides is 3. The molecule has 1 unspecified atom stereocenters. The van der Waals surface area contributed by atoms with E-state index in [1.807, 2.05) is 6.92 Å². The van der Waals surface area contributed by atoms with Crippen LogP contribution in [0.25, 0.3) is 0 Å². The van der Waals surface area contributed by atoms with Crippen LogP contribution in [-0.4, -0.2) is 46.3 Å². The van der Waals surface area contributed by atoms with E-state index >= 15 is 0 Å². The zero-order chi connectivity index (χ0) is 15.1. The number of imide groups is 1. The lowest BCUT2D eigenvalue weighted by atomic mass is 10.1. The first-order chi connectivity index (χ1) is 9.45. The van der Waals surface area contributed by atoms with Gasteiger partial charge in [-0.25, -0.2) is 4.79 Å². The van der Waals surface area contributed by atoms with Gasteiger partial charge in [0.25, 0.3) is 11.8 Å². The van der Waals surface area contributed by atoms with Gasteiger partial charge in [0.05, 0.1) is 0 Å². The summed E-state index contributed by atoms with van der Waals surface area (Å²) in [5.41, 5.74) is 0. The maximum Gasteiger partial charge on any atom is 0.326 e. The molecule has 3 amide bonds. The van der Waals surface area contributed by atoms with Crippen LogP contribution in [0.15, 0.2) is 12.2 Å². The molecule has 110 valence electrons. The molecule has 0 saturated heterocycles. The molecule has 20 heavy (non-hydrogen) atoms. The van der Waals surface area contributed by atoms with E-state index in [0.29, 0.717) is 12.8 Å². The highest BCUT2D eigenvalue weighted by molar-refractivity contribution is 6.13. The largest absolute Gasteiger partial charge is 0.480 e. The molecule has 0 spiro atoms. The van der Waals surface area contributed by atoms with Crippen molar-refractivity contribution >= 4 is 23.7 Å². The maximum atomic E-state index is 11.6. The van der Waals surface area contributed by atoms with Gasteiger partial charge in [-0.15, -0.1) is 0 Å². The highest BCUT2D eigenvalue weighted by Gasteiger charge is 2.25. The molecule has 1 aliphatic heterocycles. The molecule has 2 N–H and O–H groups in total. The third-order valence-corrected chi connectivity index (χ3v) is 2.94. The Balaban J connectivity index is 2.40. The standard InChI is InChI=1S/C13H18N2O5/c1-2-3-4-9(13(19)20)14-10(16)7-8-15-11(17)5-6-12(15)18/h5-6,9H,2-4,7-8H2,1H3,(H,14,16)(H,19,20). The van der Waals surface area contributed by atoms with E-state index in [0.717, 1.165) is 23.5 Å². The summed E-state index contributed by atoms with van der Waals surface area (Å²) in [5, 5.41) is 11.4. The average molecular weight is 282 g/mol. The summed E-state index contributed by atoms with van der Waals surface area (Å²) in [6, 6.07) is -0.925. The lowest BCUT2D eigenvalue weighted by Crippen LogP contribution is -2.42. The van der Waals surface area contributed by atoms with Gasteiger partial charge in [-0.2, -0.15) is 0 Å². The highest BCUT2D eigenvalue weighted by Crippen LogP contribution is 2.05. The minimum absolute atomic E-state index is 0.0450. The molecule has 1 heterocycles. The first-order valence-corrected chi connectivity index (χ1v) is 6.51. The monoisotopic (exact) mass is 282 g/mol. The summed E-state index contributed by atoms with van der Waals surface area (Å²) in [5.74, 6) is -2.48. The molecule has 0 aliphatic carbocycles. The van der Waals surface area contributed by atoms with Crippen LogP contribution in [0.5, 0.6) is 0 Å². The van der Waals surface area contributed by atoms with Crippen LogP contribution >= 0.6 is 0 Å². The van der Waals surface area contributed by atoms with E-state index in [1.54, 1.807) is 0 Å². The topological polar surface area (TPSA) is 104 Å². The summed E-state index contributed by atoms with van der Waals surface area (Å²) >= 11 is 0. The number of carboxylic acid groups (broad SMARTS) is 1. The number of nitrogens with one attached hydrogen (secondary N) is 1. The highest BCUT2D eigenvalue weighted by atomic mass is 16.4. The average Bonchev–Trinajstić information content (AvgIpc) is 2.71. The Bertz CT molecular complexity index is 426. The zero-order valence-corrected chi connectivity index (χ0v) is 11.3. The number of unbranched alkanes of at least 4 members (excludes halogenated alkanes) is 1. The molecule has 1 rings (SSSR count). The van der Waals surface area contributed by atoms with Crippen molar-refractivity contribution < 1.29 is 24.3 Å². The molecule has 0 radical (unpaired) electrons. The molecular weight excluding hydrogens is 264 g/mol. The van der Waals surface area contributed by atoms with Gasteiger partial charge in [0, 0.05) is 25.1 Å². The van der Waals surface area contributed by atoms with E-state index in [1.165, 1.54) is 0 Å². The van der Waals surface area contributed by atoms with Gasteiger partial charge < -0.3 is 10.4 Å². The van der Waals surface area contributed by atoms with Crippen LogP contribution < -0.4 is 5.32 Å². The number of nitrogens with zero attached hydrogens (tertiary/aromatic N) is 1. The van der Waals surface area contributed by atoms with Crippen LogP contribution in [0, 0.1) is 0 Å². The normalized spacial score (nSPS) is 15.6. The van der Waals surface area contributed by atoms with Crippen LogP contribution in [0.3, 0.4) is 0 Å². The molecular formula is C13H18N2O5. The van der Waals surface area contributed by atoms with Crippen molar-refractivity contribution in [1.29, 1.82) is 0 Å². The fraction of sp³-hybridized carbons (Fsp3) is 0.538. The predicted octanol–water partition coefficient (Wildman–Crippen LogP) is 0.0611. The lowest BCUT2D eigenvalue weighted by molar-refractivity contribution is -0.143. The molecule has 0 aromatic heterocycles. The number of hydrogen-bond acceptors (Lipinski definition) is 4. The zero-order valence-electron chi connectivity index (χ0n) is 11.3. The smallest absolute Gasteiger partial charge is 0.326 e. The molecule has 0 aromatic rings. The number of carbonyl (C=O) groups excluding carboxylic acids is 3. The second-order valence-corrected chi connectivity index (χ2v) is 4.51.